The Bertz CT molecular complexity index is 512. The van der Waals surface area contributed by atoms with E-state index in [1.807, 2.05) is 24.5 Å². The summed E-state index contributed by atoms with van der Waals surface area (Å²) in [4.78, 5) is 13.6. The lowest BCUT2D eigenvalue weighted by atomic mass is 10.2. The Morgan fingerprint density at radius 3 is 2.65 bits per heavy atom. The van der Waals surface area contributed by atoms with Crippen LogP contribution in [-0.4, -0.2) is 48.1 Å². The summed E-state index contributed by atoms with van der Waals surface area (Å²) in [6.45, 7) is 4.27. The van der Waals surface area contributed by atoms with Crippen molar-refractivity contribution < 1.29 is 0 Å². The number of aromatic nitrogens is 2. The molecule has 0 amide bonds. The van der Waals surface area contributed by atoms with E-state index in [0.29, 0.717) is 0 Å². The number of piperazine rings is 1. The van der Waals surface area contributed by atoms with Crippen LogP contribution in [0.25, 0.3) is 10.9 Å². The lowest BCUT2D eigenvalue weighted by Gasteiger charge is -2.33. The van der Waals surface area contributed by atoms with Crippen LogP contribution < -0.4 is 4.90 Å². The molecular formula is C13H16N4. The third-order valence-corrected chi connectivity index (χ3v) is 3.31. The molecular weight excluding hydrogens is 212 g/mol. The third kappa shape index (κ3) is 1.96. The van der Waals surface area contributed by atoms with E-state index in [9.17, 15) is 0 Å². The predicted molar refractivity (Wildman–Crippen MR) is 69.2 cm³/mol. The van der Waals surface area contributed by atoms with Crippen molar-refractivity contribution in [2.75, 3.05) is 38.1 Å². The fourth-order valence-corrected chi connectivity index (χ4v) is 2.26. The molecule has 0 atom stereocenters. The Hall–Kier alpha value is -1.68. The zero-order valence-electron chi connectivity index (χ0n) is 10.0. The molecule has 2 aromatic rings. The van der Waals surface area contributed by atoms with Gasteiger partial charge in [-0.2, -0.15) is 0 Å². The molecule has 88 valence electrons. The van der Waals surface area contributed by atoms with Crippen LogP contribution in [-0.2, 0) is 0 Å². The van der Waals surface area contributed by atoms with E-state index in [4.69, 9.17) is 0 Å². The molecule has 0 aliphatic carbocycles. The van der Waals surface area contributed by atoms with E-state index in [0.717, 1.165) is 42.9 Å². The van der Waals surface area contributed by atoms with Crippen molar-refractivity contribution in [2.45, 2.75) is 0 Å². The summed E-state index contributed by atoms with van der Waals surface area (Å²) in [5.74, 6) is 1.07. The fraction of sp³-hybridized carbons (Fsp3) is 0.385. The highest BCUT2D eigenvalue weighted by Crippen LogP contribution is 2.23. The van der Waals surface area contributed by atoms with Gasteiger partial charge in [0.2, 0.25) is 0 Å². The summed E-state index contributed by atoms with van der Waals surface area (Å²) in [6.07, 6.45) is 3.68. The van der Waals surface area contributed by atoms with Gasteiger partial charge in [-0.3, -0.25) is 4.98 Å². The fourth-order valence-electron chi connectivity index (χ4n) is 2.26. The van der Waals surface area contributed by atoms with E-state index >= 15 is 0 Å². The van der Waals surface area contributed by atoms with Gasteiger partial charge in [0, 0.05) is 44.0 Å². The van der Waals surface area contributed by atoms with Crippen LogP contribution in [0.4, 0.5) is 5.82 Å². The molecule has 3 rings (SSSR count). The largest absolute Gasteiger partial charge is 0.353 e. The highest BCUT2D eigenvalue weighted by molar-refractivity contribution is 5.89. The topological polar surface area (TPSA) is 32.3 Å². The minimum absolute atomic E-state index is 1.02. The highest BCUT2D eigenvalue weighted by Gasteiger charge is 2.17. The van der Waals surface area contributed by atoms with Gasteiger partial charge < -0.3 is 9.80 Å². The summed E-state index contributed by atoms with van der Waals surface area (Å²) < 4.78 is 0. The monoisotopic (exact) mass is 228 g/mol. The SMILES string of the molecule is CN1CCN(c2nccc3ncccc23)CC1. The summed E-state index contributed by atoms with van der Waals surface area (Å²) in [6, 6.07) is 6.04. The van der Waals surface area contributed by atoms with Gasteiger partial charge in [0.1, 0.15) is 5.82 Å². The summed E-state index contributed by atoms with van der Waals surface area (Å²) in [5, 5.41) is 1.15. The molecule has 1 saturated heterocycles. The number of anilines is 1. The third-order valence-electron chi connectivity index (χ3n) is 3.31. The molecule has 1 fully saturated rings. The Balaban J connectivity index is 2.00. The molecule has 4 heteroatoms. The Kier molecular flexibility index (Phi) is 2.65. The van der Waals surface area contributed by atoms with E-state index < -0.39 is 0 Å². The number of likely N-dealkylation sites (N-methyl/N-ethyl adjacent to an activating group) is 1. The van der Waals surface area contributed by atoms with Crippen LogP contribution in [0.15, 0.2) is 30.6 Å². The summed E-state index contributed by atoms with van der Waals surface area (Å²) in [7, 11) is 2.16. The molecule has 2 aromatic heterocycles. The van der Waals surface area contributed by atoms with E-state index in [-0.39, 0.29) is 0 Å². The van der Waals surface area contributed by atoms with Gasteiger partial charge >= 0.3 is 0 Å². The predicted octanol–water partition coefficient (Wildman–Crippen LogP) is 1.38. The van der Waals surface area contributed by atoms with Crippen molar-refractivity contribution in [3.8, 4) is 0 Å². The smallest absolute Gasteiger partial charge is 0.138 e. The molecule has 0 unspecified atom stereocenters. The van der Waals surface area contributed by atoms with E-state index in [2.05, 4.69) is 32.9 Å². The zero-order valence-corrected chi connectivity index (χ0v) is 10.0. The summed E-state index contributed by atoms with van der Waals surface area (Å²) in [5.41, 5.74) is 1.02. The van der Waals surface area contributed by atoms with Crippen LogP contribution in [0.2, 0.25) is 0 Å². The lowest BCUT2D eigenvalue weighted by Crippen LogP contribution is -2.44. The van der Waals surface area contributed by atoms with Gasteiger partial charge in [-0.05, 0) is 25.2 Å². The molecule has 0 aromatic carbocycles. The van der Waals surface area contributed by atoms with Gasteiger partial charge in [-0.1, -0.05) is 0 Å². The first-order chi connectivity index (χ1) is 8.34. The second-order valence-electron chi connectivity index (χ2n) is 4.49. The van der Waals surface area contributed by atoms with Gasteiger partial charge in [0.15, 0.2) is 0 Å². The number of rotatable bonds is 1. The minimum atomic E-state index is 1.02. The van der Waals surface area contributed by atoms with Crippen LogP contribution in [0, 0.1) is 0 Å². The number of hydrogen-bond acceptors (Lipinski definition) is 4. The quantitative estimate of drug-likeness (QED) is 0.738. The molecule has 0 spiro atoms. The molecule has 3 heterocycles. The standard InChI is InChI=1S/C13H16N4/c1-16-7-9-17(10-8-16)13-11-3-2-5-14-12(11)4-6-15-13/h2-6H,7-10H2,1H3. The van der Waals surface area contributed by atoms with Crippen LogP contribution in [0.3, 0.4) is 0 Å². The number of fused-ring (bicyclic) bond motifs is 1. The number of hydrogen-bond donors (Lipinski definition) is 0. The first kappa shape index (κ1) is 10.5. The zero-order chi connectivity index (χ0) is 11.7. The molecule has 1 aliphatic rings. The van der Waals surface area contributed by atoms with Crippen molar-refractivity contribution in [3.05, 3.63) is 30.6 Å². The maximum atomic E-state index is 4.52. The molecule has 17 heavy (non-hydrogen) atoms. The van der Waals surface area contributed by atoms with Crippen molar-refractivity contribution in [1.29, 1.82) is 0 Å². The van der Waals surface area contributed by atoms with Crippen LogP contribution >= 0.6 is 0 Å². The average molecular weight is 228 g/mol. The molecule has 0 saturated carbocycles. The Morgan fingerprint density at radius 1 is 1.00 bits per heavy atom. The van der Waals surface area contributed by atoms with Crippen molar-refractivity contribution in [3.63, 3.8) is 0 Å². The van der Waals surface area contributed by atoms with E-state index in [1.165, 1.54) is 0 Å². The highest BCUT2D eigenvalue weighted by atomic mass is 15.3. The minimum Gasteiger partial charge on any atom is -0.353 e. The second-order valence-corrected chi connectivity index (χ2v) is 4.49. The van der Waals surface area contributed by atoms with Crippen LogP contribution in [0.1, 0.15) is 0 Å². The number of pyridine rings is 2. The van der Waals surface area contributed by atoms with Crippen molar-refractivity contribution in [1.82, 2.24) is 14.9 Å². The molecule has 0 bridgehead atoms. The maximum Gasteiger partial charge on any atom is 0.138 e. The molecule has 1 aliphatic heterocycles. The Labute approximate surface area is 101 Å². The normalized spacial score (nSPS) is 17.6. The molecule has 4 nitrogen and oxygen atoms in total. The van der Waals surface area contributed by atoms with Gasteiger partial charge in [0.05, 0.1) is 5.52 Å². The molecule has 0 radical (unpaired) electrons. The van der Waals surface area contributed by atoms with Crippen molar-refractivity contribution in [2.24, 2.45) is 0 Å². The Morgan fingerprint density at radius 2 is 1.82 bits per heavy atom. The average Bonchev–Trinajstić information content (AvgIpc) is 2.39. The first-order valence-electron chi connectivity index (χ1n) is 5.98. The summed E-state index contributed by atoms with van der Waals surface area (Å²) >= 11 is 0. The molecule has 0 N–H and O–H groups in total. The number of nitrogens with zero attached hydrogens (tertiary/aromatic N) is 4. The lowest BCUT2D eigenvalue weighted by molar-refractivity contribution is 0.312. The first-order valence-corrected chi connectivity index (χ1v) is 5.98. The van der Waals surface area contributed by atoms with Gasteiger partial charge in [-0.25, -0.2) is 4.98 Å². The van der Waals surface area contributed by atoms with Crippen molar-refractivity contribution >= 4 is 16.7 Å². The van der Waals surface area contributed by atoms with E-state index in [1.54, 1.807) is 0 Å². The van der Waals surface area contributed by atoms with Crippen LogP contribution in [0.5, 0.6) is 0 Å². The van der Waals surface area contributed by atoms with Gasteiger partial charge in [-0.15, -0.1) is 0 Å². The second kappa shape index (κ2) is 4.30. The maximum absolute atomic E-state index is 4.52. The van der Waals surface area contributed by atoms with Gasteiger partial charge in [0.25, 0.3) is 0 Å².